The standard InChI is InChI=1S/C26H23N3O3/c1-18-6-3-4-7-21(18)16-27-26(30)20-9-5-8-19(14-20)24-15-25(29-17-28-24)32-23-12-10-22(31-2)11-13-23/h3-15,17H,16H2,1-2H3,(H,27,30). The van der Waals surface area contributed by atoms with Crippen molar-refractivity contribution in [2.24, 2.45) is 0 Å². The lowest BCUT2D eigenvalue weighted by molar-refractivity contribution is 0.0951. The van der Waals surface area contributed by atoms with Gasteiger partial charge in [0.25, 0.3) is 5.91 Å². The monoisotopic (exact) mass is 425 g/mol. The van der Waals surface area contributed by atoms with Crippen LogP contribution in [0.3, 0.4) is 0 Å². The molecular formula is C26H23N3O3. The summed E-state index contributed by atoms with van der Waals surface area (Å²) in [6.07, 6.45) is 1.44. The highest BCUT2D eigenvalue weighted by atomic mass is 16.5. The molecule has 0 unspecified atom stereocenters. The van der Waals surface area contributed by atoms with Crippen LogP contribution >= 0.6 is 0 Å². The SMILES string of the molecule is COc1ccc(Oc2cc(-c3cccc(C(=O)NCc4ccccc4C)c3)ncn2)cc1. The van der Waals surface area contributed by atoms with Gasteiger partial charge < -0.3 is 14.8 Å². The van der Waals surface area contributed by atoms with Crippen LogP contribution in [-0.2, 0) is 6.54 Å². The van der Waals surface area contributed by atoms with Crippen molar-refractivity contribution >= 4 is 5.91 Å². The van der Waals surface area contributed by atoms with E-state index in [2.05, 4.69) is 15.3 Å². The van der Waals surface area contributed by atoms with E-state index >= 15 is 0 Å². The molecule has 32 heavy (non-hydrogen) atoms. The van der Waals surface area contributed by atoms with E-state index in [0.29, 0.717) is 29.4 Å². The minimum Gasteiger partial charge on any atom is -0.497 e. The van der Waals surface area contributed by atoms with Crippen molar-refractivity contribution in [1.82, 2.24) is 15.3 Å². The molecule has 4 aromatic rings. The summed E-state index contributed by atoms with van der Waals surface area (Å²) in [5.74, 6) is 1.66. The van der Waals surface area contributed by atoms with Gasteiger partial charge in [-0.1, -0.05) is 36.4 Å². The number of carbonyl (C=O) groups is 1. The predicted octanol–water partition coefficient (Wildman–Crippen LogP) is 5.18. The summed E-state index contributed by atoms with van der Waals surface area (Å²) in [6.45, 7) is 2.51. The molecule has 6 nitrogen and oxygen atoms in total. The molecule has 160 valence electrons. The number of methoxy groups -OCH3 is 1. The summed E-state index contributed by atoms with van der Waals surface area (Å²) < 4.78 is 11.0. The van der Waals surface area contributed by atoms with Gasteiger partial charge in [0.1, 0.15) is 17.8 Å². The van der Waals surface area contributed by atoms with Crippen LogP contribution in [0.4, 0.5) is 0 Å². The number of ether oxygens (including phenoxy) is 2. The molecular weight excluding hydrogens is 402 g/mol. The van der Waals surface area contributed by atoms with Crippen molar-refractivity contribution in [2.75, 3.05) is 7.11 Å². The molecule has 0 fully saturated rings. The van der Waals surface area contributed by atoms with Gasteiger partial charge in [0.15, 0.2) is 0 Å². The second-order valence-electron chi connectivity index (χ2n) is 7.21. The van der Waals surface area contributed by atoms with Gasteiger partial charge in [0, 0.05) is 23.7 Å². The highest BCUT2D eigenvalue weighted by Crippen LogP contribution is 2.26. The van der Waals surface area contributed by atoms with Crippen LogP contribution in [0.15, 0.2) is 85.2 Å². The molecule has 0 spiro atoms. The van der Waals surface area contributed by atoms with Crippen molar-refractivity contribution in [2.45, 2.75) is 13.5 Å². The van der Waals surface area contributed by atoms with E-state index in [-0.39, 0.29) is 5.91 Å². The number of rotatable bonds is 7. The number of hydrogen-bond acceptors (Lipinski definition) is 5. The molecule has 1 N–H and O–H groups in total. The Morgan fingerprint density at radius 3 is 2.47 bits per heavy atom. The summed E-state index contributed by atoms with van der Waals surface area (Å²) in [5.41, 5.74) is 4.26. The average Bonchev–Trinajstić information content (AvgIpc) is 2.84. The van der Waals surface area contributed by atoms with E-state index < -0.39 is 0 Å². The number of carbonyl (C=O) groups excluding carboxylic acids is 1. The summed E-state index contributed by atoms with van der Waals surface area (Å²) in [6, 6.07) is 24.3. The van der Waals surface area contributed by atoms with Crippen LogP contribution in [-0.4, -0.2) is 23.0 Å². The molecule has 3 aromatic carbocycles. The highest BCUT2D eigenvalue weighted by Gasteiger charge is 2.10. The van der Waals surface area contributed by atoms with Gasteiger partial charge in [-0.25, -0.2) is 9.97 Å². The van der Waals surface area contributed by atoms with Gasteiger partial charge in [-0.2, -0.15) is 0 Å². The Morgan fingerprint density at radius 2 is 1.69 bits per heavy atom. The third-order valence-corrected chi connectivity index (χ3v) is 5.05. The first-order valence-electron chi connectivity index (χ1n) is 10.2. The second-order valence-corrected chi connectivity index (χ2v) is 7.21. The normalized spacial score (nSPS) is 10.4. The zero-order chi connectivity index (χ0) is 22.3. The molecule has 1 heterocycles. The van der Waals surface area contributed by atoms with Crippen molar-refractivity contribution in [3.8, 4) is 28.6 Å². The van der Waals surface area contributed by atoms with Gasteiger partial charge >= 0.3 is 0 Å². The van der Waals surface area contributed by atoms with E-state index in [1.54, 1.807) is 31.4 Å². The first-order chi connectivity index (χ1) is 15.6. The number of amides is 1. The fourth-order valence-electron chi connectivity index (χ4n) is 3.22. The minimum absolute atomic E-state index is 0.140. The van der Waals surface area contributed by atoms with E-state index in [0.717, 1.165) is 22.4 Å². The summed E-state index contributed by atoms with van der Waals surface area (Å²) >= 11 is 0. The van der Waals surface area contributed by atoms with Crippen LogP contribution in [0, 0.1) is 6.92 Å². The van der Waals surface area contributed by atoms with Crippen molar-refractivity contribution in [1.29, 1.82) is 0 Å². The van der Waals surface area contributed by atoms with E-state index in [9.17, 15) is 4.79 Å². The maximum Gasteiger partial charge on any atom is 0.251 e. The average molecular weight is 425 g/mol. The fourth-order valence-corrected chi connectivity index (χ4v) is 3.22. The number of nitrogens with one attached hydrogen (secondary N) is 1. The van der Waals surface area contributed by atoms with Crippen LogP contribution in [0.25, 0.3) is 11.3 Å². The van der Waals surface area contributed by atoms with Gasteiger partial charge in [0.05, 0.1) is 12.8 Å². The van der Waals surface area contributed by atoms with Crippen LogP contribution in [0.1, 0.15) is 21.5 Å². The fraction of sp³-hybridized carbons (Fsp3) is 0.115. The maximum absolute atomic E-state index is 12.7. The highest BCUT2D eigenvalue weighted by molar-refractivity contribution is 5.95. The Bertz CT molecular complexity index is 1220. The molecule has 0 radical (unpaired) electrons. The smallest absolute Gasteiger partial charge is 0.251 e. The quantitative estimate of drug-likeness (QED) is 0.441. The summed E-state index contributed by atoms with van der Waals surface area (Å²) in [7, 11) is 1.61. The molecule has 6 heteroatoms. The largest absolute Gasteiger partial charge is 0.497 e. The van der Waals surface area contributed by atoms with E-state index in [4.69, 9.17) is 9.47 Å². The predicted molar refractivity (Wildman–Crippen MR) is 123 cm³/mol. The Hall–Kier alpha value is -4.19. The second kappa shape index (κ2) is 9.75. The first-order valence-corrected chi connectivity index (χ1v) is 10.2. The lowest BCUT2D eigenvalue weighted by Gasteiger charge is -2.10. The topological polar surface area (TPSA) is 73.3 Å². The maximum atomic E-state index is 12.7. The molecule has 0 saturated carbocycles. The van der Waals surface area contributed by atoms with Crippen LogP contribution in [0.5, 0.6) is 17.4 Å². The lowest BCUT2D eigenvalue weighted by Crippen LogP contribution is -2.23. The van der Waals surface area contributed by atoms with Gasteiger partial charge in [-0.15, -0.1) is 0 Å². The Kier molecular flexibility index (Phi) is 6.41. The number of hydrogen-bond donors (Lipinski definition) is 1. The van der Waals surface area contributed by atoms with Gasteiger partial charge in [-0.05, 0) is 54.4 Å². The van der Waals surface area contributed by atoms with E-state index in [1.165, 1.54) is 6.33 Å². The summed E-state index contributed by atoms with van der Waals surface area (Å²) in [4.78, 5) is 21.2. The lowest BCUT2D eigenvalue weighted by atomic mass is 10.1. The van der Waals surface area contributed by atoms with Crippen molar-refractivity contribution < 1.29 is 14.3 Å². The molecule has 0 bridgehead atoms. The Morgan fingerprint density at radius 1 is 0.906 bits per heavy atom. The molecule has 0 atom stereocenters. The minimum atomic E-state index is -0.140. The Balaban J connectivity index is 1.48. The number of aromatic nitrogens is 2. The Labute approximate surface area is 186 Å². The molecule has 0 aliphatic carbocycles. The van der Waals surface area contributed by atoms with E-state index in [1.807, 2.05) is 61.5 Å². The molecule has 0 saturated heterocycles. The number of benzene rings is 3. The van der Waals surface area contributed by atoms with Crippen molar-refractivity contribution in [3.05, 3.63) is 102 Å². The van der Waals surface area contributed by atoms with Crippen LogP contribution < -0.4 is 14.8 Å². The zero-order valence-electron chi connectivity index (χ0n) is 17.9. The van der Waals surface area contributed by atoms with Crippen LogP contribution in [0.2, 0.25) is 0 Å². The van der Waals surface area contributed by atoms with Gasteiger partial charge in [-0.3, -0.25) is 4.79 Å². The number of aryl methyl sites for hydroxylation is 1. The first kappa shape index (κ1) is 21.1. The molecule has 0 aliphatic rings. The summed E-state index contributed by atoms with van der Waals surface area (Å²) in [5, 5.41) is 2.98. The molecule has 4 rings (SSSR count). The third kappa shape index (κ3) is 5.10. The number of nitrogens with zero attached hydrogens (tertiary/aromatic N) is 2. The molecule has 1 aromatic heterocycles. The third-order valence-electron chi connectivity index (χ3n) is 5.05. The molecule has 1 amide bonds. The van der Waals surface area contributed by atoms with Crippen molar-refractivity contribution in [3.63, 3.8) is 0 Å². The zero-order valence-corrected chi connectivity index (χ0v) is 17.9. The molecule has 0 aliphatic heterocycles. The van der Waals surface area contributed by atoms with Gasteiger partial charge in [0.2, 0.25) is 5.88 Å².